The molecule has 0 atom stereocenters. The van der Waals surface area contributed by atoms with Crippen LogP contribution in [0.15, 0.2) is 87.2 Å². The second-order valence-corrected chi connectivity index (χ2v) is 10.4. The summed E-state index contributed by atoms with van der Waals surface area (Å²) in [4.78, 5) is -0.0284. The van der Waals surface area contributed by atoms with Crippen LogP contribution in [0.25, 0.3) is 11.0 Å². The van der Waals surface area contributed by atoms with Crippen molar-refractivity contribution in [2.24, 2.45) is 0 Å². The molecule has 11 heteroatoms. The van der Waals surface area contributed by atoms with Crippen LogP contribution in [0.1, 0.15) is 0 Å². The van der Waals surface area contributed by atoms with Gasteiger partial charge in [0.25, 0.3) is 20.0 Å². The van der Waals surface area contributed by atoms with Crippen molar-refractivity contribution in [2.45, 2.75) is 9.99 Å². The summed E-state index contributed by atoms with van der Waals surface area (Å²) < 4.78 is 66.6. The highest BCUT2D eigenvalue weighted by molar-refractivity contribution is 7.93. The Morgan fingerprint density at radius 1 is 0.812 bits per heavy atom. The van der Waals surface area contributed by atoms with Crippen LogP contribution < -0.4 is 14.2 Å². The fourth-order valence-electron chi connectivity index (χ4n) is 2.93. The summed E-state index contributed by atoms with van der Waals surface area (Å²) in [5, 5.41) is 0.502. The third kappa shape index (κ3) is 4.52. The molecule has 2 N–H and O–H groups in total. The summed E-state index contributed by atoms with van der Waals surface area (Å²) in [6.07, 6.45) is 0. The quantitative estimate of drug-likeness (QED) is 0.386. The number of hydrogen-bond acceptors (Lipinski definition) is 6. The zero-order valence-corrected chi connectivity index (χ0v) is 19.0. The fourth-order valence-corrected chi connectivity index (χ4v) is 5.23. The number of nitrogens with one attached hydrogen (secondary N) is 2. The molecule has 0 bridgehead atoms. The molecule has 0 aliphatic rings. The minimum Gasteiger partial charge on any atom is -0.497 e. The Labute approximate surface area is 189 Å². The first kappa shape index (κ1) is 22.0. The van der Waals surface area contributed by atoms with E-state index in [0.717, 1.165) is 0 Å². The van der Waals surface area contributed by atoms with Crippen molar-refractivity contribution < 1.29 is 26.0 Å². The van der Waals surface area contributed by atoms with Crippen LogP contribution in [0, 0.1) is 0 Å². The van der Waals surface area contributed by atoms with Crippen LogP contribution in [-0.2, 0) is 20.0 Å². The van der Waals surface area contributed by atoms with E-state index in [2.05, 4.69) is 9.44 Å². The van der Waals surface area contributed by atoms with E-state index < -0.39 is 20.0 Å². The van der Waals surface area contributed by atoms with Gasteiger partial charge in [0.2, 0.25) is 5.09 Å². The number of rotatable bonds is 7. The Bertz CT molecular complexity index is 1460. The first-order chi connectivity index (χ1) is 15.2. The second-order valence-electron chi connectivity index (χ2n) is 6.68. The normalized spacial score (nSPS) is 11.9. The first-order valence-corrected chi connectivity index (χ1v) is 12.5. The number of para-hydroxylation sites is 1. The van der Waals surface area contributed by atoms with Gasteiger partial charge in [-0.05, 0) is 48.5 Å². The number of methoxy groups -OCH3 is 1. The van der Waals surface area contributed by atoms with Crippen LogP contribution in [0.3, 0.4) is 0 Å². The number of sulfonamides is 2. The number of anilines is 2. The van der Waals surface area contributed by atoms with Gasteiger partial charge in [-0.25, -0.2) is 8.42 Å². The molecular formula is C21H17ClN2O6S2. The van der Waals surface area contributed by atoms with Gasteiger partial charge in [-0.2, -0.15) is 8.42 Å². The zero-order chi connectivity index (χ0) is 22.9. The van der Waals surface area contributed by atoms with Crippen molar-refractivity contribution in [3.63, 3.8) is 0 Å². The predicted octanol–water partition coefficient (Wildman–Crippen LogP) is 4.70. The third-order valence-electron chi connectivity index (χ3n) is 4.51. The fraction of sp³-hybridized carbons (Fsp3) is 0.0476. The molecule has 4 aromatic rings. The van der Waals surface area contributed by atoms with Gasteiger partial charge in [0.15, 0.2) is 0 Å². The van der Waals surface area contributed by atoms with Crippen LogP contribution in [0.2, 0.25) is 5.02 Å². The molecular weight excluding hydrogens is 476 g/mol. The number of benzene rings is 3. The van der Waals surface area contributed by atoms with E-state index >= 15 is 0 Å². The van der Waals surface area contributed by atoms with Gasteiger partial charge in [-0.1, -0.05) is 29.8 Å². The molecule has 8 nitrogen and oxygen atoms in total. The minimum atomic E-state index is -4.17. The van der Waals surface area contributed by atoms with E-state index in [4.69, 9.17) is 20.8 Å². The largest absolute Gasteiger partial charge is 0.497 e. The van der Waals surface area contributed by atoms with E-state index in [9.17, 15) is 16.8 Å². The van der Waals surface area contributed by atoms with Gasteiger partial charge in [0.05, 0.1) is 23.4 Å². The van der Waals surface area contributed by atoms with Crippen LogP contribution in [-0.4, -0.2) is 23.9 Å². The Balaban J connectivity index is 1.67. The van der Waals surface area contributed by atoms with Gasteiger partial charge < -0.3 is 9.15 Å². The molecule has 0 unspecified atom stereocenters. The molecule has 3 aromatic carbocycles. The average Bonchev–Trinajstić information content (AvgIpc) is 3.21. The molecule has 0 aliphatic carbocycles. The number of fused-ring (bicyclic) bond motifs is 1. The molecule has 1 heterocycles. The van der Waals surface area contributed by atoms with Crippen LogP contribution in [0.4, 0.5) is 11.4 Å². The third-order valence-corrected chi connectivity index (χ3v) is 7.34. The lowest BCUT2D eigenvalue weighted by Crippen LogP contribution is -2.17. The van der Waals surface area contributed by atoms with Gasteiger partial charge in [0, 0.05) is 16.5 Å². The molecule has 32 heavy (non-hydrogen) atoms. The van der Waals surface area contributed by atoms with Crippen molar-refractivity contribution in [2.75, 3.05) is 16.6 Å². The highest BCUT2D eigenvalue weighted by Crippen LogP contribution is 2.31. The van der Waals surface area contributed by atoms with Crippen molar-refractivity contribution in [1.29, 1.82) is 0 Å². The van der Waals surface area contributed by atoms with E-state index in [1.165, 1.54) is 55.6 Å². The Kier molecular flexibility index (Phi) is 5.76. The van der Waals surface area contributed by atoms with Gasteiger partial charge >= 0.3 is 0 Å². The lowest BCUT2D eigenvalue weighted by atomic mass is 10.3. The highest BCUT2D eigenvalue weighted by atomic mass is 35.5. The van der Waals surface area contributed by atoms with Crippen molar-refractivity contribution in [3.05, 3.63) is 77.8 Å². The summed E-state index contributed by atoms with van der Waals surface area (Å²) in [5.74, 6) is 0.495. The smallest absolute Gasteiger partial charge is 0.295 e. The van der Waals surface area contributed by atoms with E-state index in [1.807, 2.05) is 0 Å². The SMILES string of the molecule is COc1ccc(S(=O)(=O)Nc2ccc(Cl)cc2NS(=O)(=O)c2cc3ccccc3o2)cc1. The minimum absolute atomic E-state index is 0.00935. The summed E-state index contributed by atoms with van der Waals surface area (Å²) in [6.45, 7) is 0. The zero-order valence-electron chi connectivity index (χ0n) is 16.6. The van der Waals surface area contributed by atoms with Crippen molar-refractivity contribution >= 4 is 54.0 Å². The number of furan rings is 1. The molecule has 4 rings (SSSR count). The van der Waals surface area contributed by atoms with E-state index in [1.54, 1.807) is 24.3 Å². The highest BCUT2D eigenvalue weighted by Gasteiger charge is 2.23. The predicted molar refractivity (Wildman–Crippen MR) is 122 cm³/mol. The molecule has 0 spiro atoms. The molecule has 0 amide bonds. The van der Waals surface area contributed by atoms with Gasteiger partial charge in [-0.3, -0.25) is 9.44 Å². The van der Waals surface area contributed by atoms with E-state index in [0.29, 0.717) is 16.7 Å². The summed E-state index contributed by atoms with van der Waals surface area (Å²) in [6, 6.07) is 18.1. The monoisotopic (exact) mass is 492 g/mol. The first-order valence-electron chi connectivity index (χ1n) is 9.16. The maximum Gasteiger partial charge on any atom is 0.295 e. The maximum absolute atomic E-state index is 12.9. The summed E-state index contributed by atoms with van der Waals surface area (Å²) >= 11 is 6.03. The molecule has 1 aromatic heterocycles. The number of halogens is 1. The van der Waals surface area contributed by atoms with Gasteiger partial charge in [0.1, 0.15) is 11.3 Å². The van der Waals surface area contributed by atoms with Crippen molar-refractivity contribution in [1.82, 2.24) is 0 Å². The Hall–Kier alpha value is -3.21. The Morgan fingerprint density at radius 2 is 1.50 bits per heavy atom. The number of hydrogen-bond donors (Lipinski definition) is 2. The maximum atomic E-state index is 12.9. The summed E-state index contributed by atoms with van der Waals surface area (Å²) in [7, 11) is -6.72. The topological polar surface area (TPSA) is 115 Å². The second kappa shape index (κ2) is 8.38. The molecule has 0 aliphatic heterocycles. The average molecular weight is 493 g/mol. The molecule has 0 saturated carbocycles. The molecule has 166 valence electrons. The molecule has 0 radical (unpaired) electrons. The van der Waals surface area contributed by atoms with Crippen LogP contribution in [0.5, 0.6) is 5.75 Å². The van der Waals surface area contributed by atoms with Gasteiger partial charge in [-0.15, -0.1) is 0 Å². The van der Waals surface area contributed by atoms with Crippen molar-refractivity contribution in [3.8, 4) is 5.75 Å². The standard InChI is InChI=1S/C21H17ClN2O6S2/c1-29-16-7-9-17(10-8-16)31(25,26)23-18-11-6-15(22)13-19(18)24-32(27,28)21-12-14-4-2-3-5-20(14)30-21/h2-13,23-24H,1H3. The molecule has 0 saturated heterocycles. The Morgan fingerprint density at radius 3 is 2.19 bits per heavy atom. The lowest BCUT2D eigenvalue weighted by Gasteiger charge is -2.14. The van der Waals surface area contributed by atoms with E-state index in [-0.39, 0.29) is 26.4 Å². The number of ether oxygens (including phenoxy) is 1. The molecule has 0 fully saturated rings. The lowest BCUT2D eigenvalue weighted by molar-refractivity contribution is 0.414. The van der Waals surface area contributed by atoms with Crippen LogP contribution >= 0.6 is 11.6 Å². The summed E-state index contributed by atoms with van der Waals surface area (Å²) in [5.41, 5.74) is 0.333.